The Hall–Kier alpha value is -2.83. The number of fused-ring (bicyclic) bond motifs is 2. The average molecular weight is 626 g/mol. The Morgan fingerprint density at radius 3 is 2.38 bits per heavy atom. The number of hydrogen-bond acceptors (Lipinski definition) is 11. The second-order valence-electron chi connectivity index (χ2n) is 13.9. The molecule has 5 fully saturated rings. The van der Waals surface area contributed by atoms with Crippen LogP contribution in [0.2, 0.25) is 0 Å². The van der Waals surface area contributed by atoms with Crippen LogP contribution >= 0.6 is 0 Å². The number of carbonyl (C=O) groups excluding carboxylic acids is 3. The number of allylic oxidation sites excluding steroid dienone is 1. The molecular weight excluding hydrogens is 582 g/mol. The number of ketones is 1. The van der Waals surface area contributed by atoms with Crippen LogP contribution in [0.1, 0.15) is 37.0 Å². The van der Waals surface area contributed by atoms with Crippen molar-refractivity contribution >= 4 is 17.7 Å². The second-order valence-corrected chi connectivity index (χ2v) is 13.9. The number of rotatable bonds is 9. The first-order valence-electron chi connectivity index (χ1n) is 15.8. The molecule has 1 saturated heterocycles. The molecule has 1 heterocycles. The molecule has 0 aromatic heterocycles. The third-order valence-electron chi connectivity index (χ3n) is 12.5. The van der Waals surface area contributed by atoms with Gasteiger partial charge in [0.25, 0.3) is 0 Å². The van der Waals surface area contributed by atoms with Crippen molar-refractivity contribution in [1.82, 2.24) is 4.90 Å². The zero-order valence-electron chi connectivity index (χ0n) is 26.7. The summed E-state index contributed by atoms with van der Waals surface area (Å²) in [6.07, 6.45) is 1.84. The first-order chi connectivity index (χ1) is 21.5. The number of carbonyl (C=O) groups is 3. The lowest BCUT2D eigenvalue weighted by atomic mass is 9.46. The molecule has 4 saturated carbocycles. The summed E-state index contributed by atoms with van der Waals surface area (Å²) in [7, 11) is 6.34. The molecular formula is C34H43NO10. The lowest BCUT2D eigenvalue weighted by Gasteiger charge is -2.65. The lowest BCUT2D eigenvalue weighted by molar-refractivity contribution is -0.265. The first kappa shape index (κ1) is 30.8. The zero-order valence-corrected chi connectivity index (χ0v) is 26.7. The Morgan fingerprint density at radius 2 is 1.78 bits per heavy atom. The number of aliphatic hydroxyl groups is 1. The zero-order chi connectivity index (χ0) is 32.1. The van der Waals surface area contributed by atoms with Gasteiger partial charge in [-0.25, -0.2) is 4.79 Å². The summed E-state index contributed by atoms with van der Waals surface area (Å²) in [5, 5.41) is 12.6. The van der Waals surface area contributed by atoms with Crippen molar-refractivity contribution in [3.8, 4) is 5.75 Å². The Bertz CT molecular complexity index is 1430. The van der Waals surface area contributed by atoms with Crippen LogP contribution in [0, 0.1) is 34.5 Å². The molecule has 7 rings (SSSR count). The van der Waals surface area contributed by atoms with E-state index in [1.165, 1.54) is 14.0 Å². The molecule has 1 aliphatic heterocycles. The van der Waals surface area contributed by atoms with Gasteiger partial charge in [0.15, 0.2) is 5.78 Å². The average Bonchev–Trinajstić information content (AvgIpc) is 3.39. The van der Waals surface area contributed by atoms with Crippen LogP contribution in [0.3, 0.4) is 0 Å². The van der Waals surface area contributed by atoms with Crippen LogP contribution in [-0.2, 0) is 33.3 Å². The van der Waals surface area contributed by atoms with Crippen molar-refractivity contribution < 1.29 is 47.9 Å². The van der Waals surface area contributed by atoms with Crippen molar-refractivity contribution in [2.45, 2.75) is 62.2 Å². The number of ether oxygens (including phenoxy) is 6. The Kier molecular flexibility index (Phi) is 7.08. The predicted molar refractivity (Wildman–Crippen MR) is 158 cm³/mol. The summed E-state index contributed by atoms with van der Waals surface area (Å²) in [5.74, 6) is -2.13. The molecule has 11 nitrogen and oxygen atoms in total. The van der Waals surface area contributed by atoms with Crippen LogP contribution in [-0.4, -0.2) is 111 Å². The van der Waals surface area contributed by atoms with Gasteiger partial charge in [-0.15, -0.1) is 0 Å². The van der Waals surface area contributed by atoms with E-state index in [2.05, 4.69) is 11.8 Å². The normalized spacial score (nSPS) is 45.4. The van der Waals surface area contributed by atoms with E-state index in [1.54, 1.807) is 51.7 Å². The van der Waals surface area contributed by atoms with Crippen molar-refractivity contribution in [2.75, 3.05) is 48.1 Å². The van der Waals surface area contributed by atoms with Crippen molar-refractivity contribution in [1.29, 1.82) is 0 Å². The molecule has 0 radical (unpaired) electrons. The topological polar surface area (TPSA) is 130 Å². The summed E-state index contributed by atoms with van der Waals surface area (Å²) in [6.45, 7) is 4.80. The van der Waals surface area contributed by atoms with Gasteiger partial charge in [-0.2, -0.15) is 0 Å². The molecule has 1 N–H and O–H groups in total. The van der Waals surface area contributed by atoms with Gasteiger partial charge in [-0.1, -0.05) is 13.0 Å². The van der Waals surface area contributed by atoms with Crippen LogP contribution in [0.4, 0.5) is 0 Å². The minimum atomic E-state index is -1.57. The van der Waals surface area contributed by atoms with Gasteiger partial charge < -0.3 is 33.5 Å². The maximum Gasteiger partial charge on any atom is 0.338 e. The fourth-order valence-electron chi connectivity index (χ4n) is 11.4. The summed E-state index contributed by atoms with van der Waals surface area (Å²) in [5.41, 5.74) is -4.04. The van der Waals surface area contributed by atoms with E-state index in [0.29, 0.717) is 24.4 Å². The number of methoxy groups -OCH3 is 4. The third kappa shape index (κ3) is 3.67. The highest BCUT2D eigenvalue weighted by molar-refractivity contribution is 5.97. The van der Waals surface area contributed by atoms with E-state index in [9.17, 15) is 19.5 Å². The molecule has 244 valence electrons. The van der Waals surface area contributed by atoms with E-state index in [1.807, 2.05) is 6.08 Å². The minimum Gasteiger partial charge on any atom is -0.497 e. The second kappa shape index (κ2) is 10.3. The van der Waals surface area contributed by atoms with E-state index < -0.39 is 64.1 Å². The number of esters is 2. The number of nitrogens with zero attached hydrogens (tertiary/aromatic N) is 1. The van der Waals surface area contributed by atoms with Crippen molar-refractivity contribution in [3.63, 3.8) is 0 Å². The molecule has 11 heteroatoms. The molecule has 45 heavy (non-hydrogen) atoms. The molecule has 1 aromatic rings. The molecule has 7 bridgehead atoms. The van der Waals surface area contributed by atoms with Gasteiger partial charge in [-0.3, -0.25) is 14.5 Å². The van der Waals surface area contributed by atoms with Crippen molar-refractivity contribution in [2.24, 2.45) is 34.5 Å². The number of likely N-dealkylation sites (tertiary alicyclic amines) is 1. The van der Waals surface area contributed by atoms with Gasteiger partial charge in [0.05, 0.1) is 36.9 Å². The van der Waals surface area contributed by atoms with Gasteiger partial charge in [0.1, 0.15) is 23.1 Å². The quantitative estimate of drug-likeness (QED) is 0.405. The summed E-state index contributed by atoms with van der Waals surface area (Å²) < 4.78 is 36.4. The van der Waals surface area contributed by atoms with E-state index >= 15 is 0 Å². The monoisotopic (exact) mass is 625 g/mol. The van der Waals surface area contributed by atoms with Crippen LogP contribution in [0.25, 0.3) is 0 Å². The molecule has 6 aliphatic rings. The maximum atomic E-state index is 14.0. The predicted octanol–water partition coefficient (Wildman–Crippen LogP) is 2.05. The number of hydrogen-bond donors (Lipinski definition) is 1. The summed E-state index contributed by atoms with van der Waals surface area (Å²) >= 11 is 0. The van der Waals surface area contributed by atoms with E-state index in [4.69, 9.17) is 28.4 Å². The number of benzene rings is 1. The smallest absolute Gasteiger partial charge is 0.338 e. The first-order valence-corrected chi connectivity index (χ1v) is 15.8. The fourth-order valence-corrected chi connectivity index (χ4v) is 11.4. The van der Waals surface area contributed by atoms with E-state index in [-0.39, 0.29) is 43.1 Å². The van der Waals surface area contributed by atoms with Gasteiger partial charge >= 0.3 is 11.9 Å². The Balaban J connectivity index is 1.45. The number of piperidine rings is 1. The lowest BCUT2D eigenvalue weighted by Crippen LogP contribution is -2.75. The highest BCUT2D eigenvalue weighted by Crippen LogP contribution is 2.79. The van der Waals surface area contributed by atoms with E-state index in [0.717, 1.165) is 0 Å². The molecule has 1 aromatic carbocycles. The fraction of sp³-hybridized carbons (Fsp3) is 0.676. The van der Waals surface area contributed by atoms with Gasteiger partial charge in [-0.05, 0) is 49.2 Å². The van der Waals surface area contributed by atoms with Crippen LogP contribution < -0.4 is 4.74 Å². The van der Waals surface area contributed by atoms with Crippen LogP contribution in [0.15, 0.2) is 36.4 Å². The maximum absolute atomic E-state index is 14.0. The van der Waals surface area contributed by atoms with Gasteiger partial charge in [0, 0.05) is 70.4 Å². The molecule has 4 unspecified atom stereocenters. The Labute approximate surface area is 263 Å². The van der Waals surface area contributed by atoms with Gasteiger partial charge in [0.2, 0.25) is 0 Å². The largest absolute Gasteiger partial charge is 0.497 e. The molecule has 12 atom stereocenters. The SMILES string of the molecule is CCN1C[C@]2(COC)C(=O)C=C[C@@]34C2[C@@H](OC)C([C@@H]13)[C@@]1(OC(C)=O)C[C@H](OC)C2(O)C[C@@H]4C1[C@H]2OC(=O)c1ccc(OC)cc1. The standard InChI is InChI=1S/C34H43NO10/c1-7-35-16-31(17-40-3)22(37)12-13-32-21-14-33(39)23(42-5)15-34(45-18(2)36,25(28(32)35)26(43-6)27(31)32)24(21)29(33)44-30(38)19-8-10-20(41-4)11-9-19/h8-13,21,23-29,39H,7,14-17H2,1-6H3/t21-,23+,24?,25?,26+,27?,28-,29-,31+,32-,33?,34-/m1/s1. The summed E-state index contributed by atoms with van der Waals surface area (Å²) in [6, 6.07) is 6.43. The van der Waals surface area contributed by atoms with Crippen molar-refractivity contribution in [3.05, 3.63) is 42.0 Å². The molecule has 5 aliphatic carbocycles. The highest BCUT2D eigenvalue weighted by atomic mass is 16.6. The minimum absolute atomic E-state index is 0.0105. The molecule has 0 amide bonds. The molecule has 1 spiro atoms. The Morgan fingerprint density at radius 1 is 1.04 bits per heavy atom. The van der Waals surface area contributed by atoms with Crippen LogP contribution in [0.5, 0.6) is 5.75 Å². The third-order valence-corrected chi connectivity index (χ3v) is 12.5. The summed E-state index contributed by atoms with van der Waals surface area (Å²) in [4.78, 5) is 43.3. The highest BCUT2D eigenvalue weighted by Gasteiger charge is 2.88.